The van der Waals surface area contributed by atoms with E-state index < -0.39 is 49.2 Å². The van der Waals surface area contributed by atoms with Crippen molar-refractivity contribution in [1.82, 2.24) is 5.32 Å². The van der Waals surface area contributed by atoms with Gasteiger partial charge >= 0.3 is 5.97 Å². The van der Waals surface area contributed by atoms with Crippen LogP contribution in [0.4, 0.5) is 14.5 Å². The van der Waals surface area contributed by atoms with Crippen LogP contribution in [0.2, 0.25) is 5.02 Å². The van der Waals surface area contributed by atoms with Gasteiger partial charge in [-0.15, -0.1) is 0 Å². The van der Waals surface area contributed by atoms with Crippen LogP contribution in [0.5, 0.6) is 5.75 Å². The zero-order chi connectivity index (χ0) is 21.4. The van der Waals surface area contributed by atoms with E-state index in [9.17, 15) is 23.2 Å². The molecule has 7 nitrogen and oxygen atoms in total. The summed E-state index contributed by atoms with van der Waals surface area (Å²) in [6, 6.07) is 7.70. The van der Waals surface area contributed by atoms with Gasteiger partial charge in [-0.3, -0.25) is 9.59 Å². The van der Waals surface area contributed by atoms with Crippen molar-refractivity contribution in [2.24, 2.45) is 0 Å². The summed E-state index contributed by atoms with van der Waals surface area (Å²) in [5.74, 6) is -3.88. The number of carbonyl (C=O) groups excluding carboxylic acids is 3. The first-order chi connectivity index (χ1) is 13.7. The minimum absolute atomic E-state index is 0.0317. The minimum Gasteiger partial charge on any atom is -0.482 e. The summed E-state index contributed by atoms with van der Waals surface area (Å²) in [4.78, 5) is 35.0. The molecule has 2 N–H and O–H groups in total. The Balaban J connectivity index is 1.67. The van der Waals surface area contributed by atoms with E-state index in [0.717, 1.165) is 17.7 Å². The molecule has 0 aliphatic rings. The lowest BCUT2D eigenvalue weighted by Gasteiger charge is -2.10. The van der Waals surface area contributed by atoms with Crippen molar-refractivity contribution in [3.8, 4) is 5.75 Å². The van der Waals surface area contributed by atoms with Crippen LogP contribution in [0.3, 0.4) is 0 Å². The van der Waals surface area contributed by atoms with Crippen LogP contribution < -0.4 is 15.4 Å². The van der Waals surface area contributed by atoms with Crippen molar-refractivity contribution < 1.29 is 32.6 Å². The first-order valence-corrected chi connectivity index (χ1v) is 8.68. The van der Waals surface area contributed by atoms with Gasteiger partial charge in [-0.05, 0) is 42.8 Å². The number of halogens is 3. The van der Waals surface area contributed by atoms with E-state index in [-0.39, 0.29) is 5.69 Å². The second-order valence-electron chi connectivity index (χ2n) is 5.81. The fourth-order valence-electron chi connectivity index (χ4n) is 2.11. The van der Waals surface area contributed by atoms with Crippen LogP contribution in [-0.2, 0) is 19.1 Å². The first-order valence-electron chi connectivity index (χ1n) is 8.31. The molecule has 2 aromatic carbocycles. The molecule has 2 amide bonds. The van der Waals surface area contributed by atoms with E-state index in [1.807, 2.05) is 0 Å². The number of nitrogens with one attached hydrogen (secondary N) is 2. The van der Waals surface area contributed by atoms with Crippen molar-refractivity contribution >= 4 is 35.1 Å². The molecule has 0 radical (unpaired) electrons. The van der Waals surface area contributed by atoms with E-state index >= 15 is 0 Å². The van der Waals surface area contributed by atoms with Crippen LogP contribution in [0.15, 0.2) is 36.4 Å². The number of amides is 2. The summed E-state index contributed by atoms with van der Waals surface area (Å²) < 4.78 is 35.9. The summed E-state index contributed by atoms with van der Waals surface area (Å²) in [5.41, 5.74) is 0.763. The molecular weight excluding hydrogens is 410 g/mol. The van der Waals surface area contributed by atoms with Gasteiger partial charge in [0, 0.05) is 16.8 Å². The normalized spacial score (nSPS) is 10.2. The average Bonchev–Trinajstić information content (AvgIpc) is 2.67. The highest BCUT2D eigenvalue weighted by atomic mass is 35.5. The fraction of sp³-hybridized carbons (Fsp3) is 0.211. The summed E-state index contributed by atoms with van der Waals surface area (Å²) in [7, 11) is 0. The molecule has 0 spiro atoms. The van der Waals surface area contributed by atoms with E-state index in [1.54, 1.807) is 25.1 Å². The third-order valence-electron chi connectivity index (χ3n) is 3.50. The predicted octanol–water partition coefficient (Wildman–Crippen LogP) is 2.60. The number of esters is 1. The molecule has 0 aromatic heterocycles. The highest BCUT2D eigenvalue weighted by Crippen LogP contribution is 2.21. The largest absolute Gasteiger partial charge is 0.482 e. The highest BCUT2D eigenvalue weighted by molar-refractivity contribution is 6.30. The van der Waals surface area contributed by atoms with Crippen molar-refractivity contribution in [3.05, 3.63) is 58.6 Å². The molecule has 154 valence electrons. The van der Waals surface area contributed by atoms with Gasteiger partial charge in [0.1, 0.15) is 5.75 Å². The van der Waals surface area contributed by atoms with Crippen LogP contribution in [0.25, 0.3) is 0 Å². The van der Waals surface area contributed by atoms with E-state index in [1.165, 1.54) is 6.07 Å². The van der Waals surface area contributed by atoms with E-state index in [4.69, 9.17) is 21.1 Å². The Morgan fingerprint density at radius 3 is 2.45 bits per heavy atom. The molecule has 2 rings (SSSR count). The molecule has 0 heterocycles. The van der Waals surface area contributed by atoms with Crippen LogP contribution in [0.1, 0.15) is 5.56 Å². The second kappa shape index (κ2) is 10.4. The van der Waals surface area contributed by atoms with Gasteiger partial charge in [0.15, 0.2) is 24.8 Å². The lowest BCUT2D eigenvalue weighted by molar-refractivity contribution is -0.150. The van der Waals surface area contributed by atoms with Crippen molar-refractivity contribution in [1.29, 1.82) is 0 Å². The first kappa shape index (κ1) is 22.1. The van der Waals surface area contributed by atoms with E-state index in [0.29, 0.717) is 10.8 Å². The quantitative estimate of drug-likeness (QED) is 0.633. The summed E-state index contributed by atoms with van der Waals surface area (Å²) in [6.07, 6.45) is 0. The molecule has 0 fully saturated rings. The van der Waals surface area contributed by atoms with Crippen LogP contribution in [-0.4, -0.2) is 37.5 Å². The number of carbonyl (C=O) groups is 3. The standard InChI is InChI=1S/C19H17ClF2N2O5/c1-11-6-12(20)2-5-16(11)28-10-19(27)29-9-18(26)23-8-17(25)24-13-3-4-14(21)15(22)7-13/h2-7H,8-10H2,1H3,(H,23,26)(H,24,25). The maximum Gasteiger partial charge on any atom is 0.344 e. The molecule has 0 aliphatic heterocycles. The predicted molar refractivity (Wildman–Crippen MR) is 101 cm³/mol. The third kappa shape index (κ3) is 7.38. The maximum atomic E-state index is 13.1. The molecular formula is C19H17ClF2N2O5. The smallest absolute Gasteiger partial charge is 0.344 e. The molecule has 0 saturated heterocycles. The van der Waals surface area contributed by atoms with Crippen LogP contribution in [0, 0.1) is 18.6 Å². The molecule has 10 heteroatoms. The molecule has 0 unspecified atom stereocenters. The maximum absolute atomic E-state index is 13.1. The Morgan fingerprint density at radius 1 is 1.00 bits per heavy atom. The van der Waals surface area contributed by atoms with Gasteiger partial charge in [0.05, 0.1) is 6.54 Å². The van der Waals surface area contributed by atoms with Crippen molar-refractivity contribution in [2.45, 2.75) is 6.92 Å². The SMILES string of the molecule is Cc1cc(Cl)ccc1OCC(=O)OCC(=O)NCC(=O)Nc1ccc(F)c(F)c1. The number of hydrogen-bond donors (Lipinski definition) is 2. The molecule has 0 aliphatic carbocycles. The van der Waals surface area contributed by atoms with Gasteiger partial charge in [-0.25, -0.2) is 13.6 Å². The molecule has 29 heavy (non-hydrogen) atoms. The monoisotopic (exact) mass is 426 g/mol. The minimum atomic E-state index is -1.12. The Hall–Kier alpha value is -3.20. The second-order valence-corrected chi connectivity index (χ2v) is 6.25. The van der Waals surface area contributed by atoms with Gasteiger partial charge in [0.25, 0.3) is 5.91 Å². The Morgan fingerprint density at radius 2 is 1.76 bits per heavy atom. The lowest BCUT2D eigenvalue weighted by atomic mass is 10.2. The number of benzene rings is 2. The number of anilines is 1. The summed E-state index contributed by atoms with van der Waals surface area (Å²) in [5, 5.41) is 5.03. The number of hydrogen-bond acceptors (Lipinski definition) is 5. The molecule has 0 saturated carbocycles. The molecule has 0 bridgehead atoms. The van der Waals surface area contributed by atoms with Crippen molar-refractivity contribution in [3.63, 3.8) is 0 Å². The van der Waals surface area contributed by atoms with Gasteiger partial charge < -0.3 is 20.1 Å². The van der Waals surface area contributed by atoms with Gasteiger partial charge in [-0.2, -0.15) is 0 Å². The van der Waals surface area contributed by atoms with E-state index in [2.05, 4.69) is 10.6 Å². The molecule has 2 aromatic rings. The molecule has 0 atom stereocenters. The third-order valence-corrected chi connectivity index (χ3v) is 3.73. The number of ether oxygens (including phenoxy) is 2. The number of aryl methyl sites for hydroxylation is 1. The Kier molecular flexibility index (Phi) is 7.90. The van der Waals surface area contributed by atoms with Gasteiger partial charge in [0.2, 0.25) is 5.91 Å². The van der Waals surface area contributed by atoms with Crippen LogP contribution >= 0.6 is 11.6 Å². The average molecular weight is 427 g/mol. The van der Waals surface area contributed by atoms with Gasteiger partial charge in [-0.1, -0.05) is 11.6 Å². The lowest BCUT2D eigenvalue weighted by Crippen LogP contribution is -2.36. The summed E-state index contributed by atoms with van der Waals surface area (Å²) >= 11 is 5.82. The zero-order valence-electron chi connectivity index (χ0n) is 15.3. The fourth-order valence-corrected chi connectivity index (χ4v) is 2.33. The van der Waals surface area contributed by atoms with Crippen molar-refractivity contribution in [2.75, 3.05) is 25.1 Å². The topological polar surface area (TPSA) is 93.7 Å². The highest BCUT2D eigenvalue weighted by Gasteiger charge is 2.11. The Bertz CT molecular complexity index is 923. The summed E-state index contributed by atoms with van der Waals surface area (Å²) in [6.45, 7) is 0.286. The zero-order valence-corrected chi connectivity index (χ0v) is 16.0. The number of rotatable bonds is 8. The Labute approximate surface area is 169 Å².